The molecular formula is C14H16N2O2. The van der Waals surface area contributed by atoms with Crippen LogP contribution in [0.1, 0.15) is 35.9 Å². The van der Waals surface area contributed by atoms with E-state index in [2.05, 4.69) is 16.5 Å². The fraction of sp³-hybridized carbons (Fsp3) is 0.429. The lowest BCUT2D eigenvalue weighted by molar-refractivity contribution is 0.0697. The number of rotatable bonds is 3. The minimum atomic E-state index is -0.904. The van der Waals surface area contributed by atoms with E-state index >= 15 is 0 Å². The molecule has 1 aromatic heterocycles. The number of carboxylic acid groups (broad SMARTS) is 1. The third kappa shape index (κ3) is 1.78. The number of aromatic carboxylic acids is 1. The van der Waals surface area contributed by atoms with Crippen LogP contribution in [0.4, 0.5) is 0 Å². The number of aromatic nitrogens is 2. The van der Waals surface area contributed by atoms with Gasteiger partial charge in [-0.2, -0.15) is 0 Å². The predicted octanol–water partition coefficient (Wildman–Crippen LogP) is 2.84. The molecule has 4 heteroatoms. The zero-order chi connectivity index (χ0) is 12.9. The lowest BCUT2D eigenvalue weighted by Gasteiger charge is -2.12. The Hall–Kier alpha value is -1.84. The first kappa shape index (κ1) is 11.3. The number of benzene rings is 1. The molecule has 1 aromatic carbocycles. The van der Waals surface area contributed by atoms with Crippen LogP contribution in [0.3, 0.4) is 0 Å². The molecule has 1 aliphatic rings. The summed E-state index contributed by atoms with van der Waals surface area (Å²) in [5.41, 5.74) is 2.51. The molecule has 4 nitrogen and oxygen atoms in total. The number of carboxylic acids is 1. The highest BCUT2D eigenvalue weighted by Gasteiger charge is 2.38. The molecule has 94 valence electrons. The summed E-state index contributed by atoms with van der Waals surface area (Å²) in [6.45, 7) is 5.23. The highest BCUT2D eigenvalue weighted by Crippen LogP contribution is 2.47. The number of hydrogen-bond acceptors (Lipinski definition) is 2. The molecule has 1 N–H and O–H groups in total. The van der Waals surface area contributed by atoms with Crippen LogP contribution >= 0.6 is 0 Å². The summed E-state index contributed by atoms with van der Waals surface area (Å²) in [4.78, 5) is 15.4. The van der Waals surface area contributed by atoms with E-state index in [4.69, 9.17) is 5.11 Å². The Bertz CT molecular complexity index is 639. The van der Waals surface area contributed by atoms with E-state index in [1.54, 1.807) is 12.1 Å². The van der Waals surface area contributed by atoms with Gasteiger partial charge in [0.1, 0.15) is 5.82 Å². The van der Waals surface area contributed by atoms with Gasteiger partial charge in [-0.15, -0.1) is 0 Å². The normalized spacial score (nSPS) is 17.0. The number of carbonyl (C=O) groups is 1. The summed E-state index contributed by atoms with van der Waals surface area (Å²) in [5, 5.41) is 8.98. The molecule has 1 saturated carbocycles. The van der Waals surface area contributed by atoms with Crippen LogP contribution in [0.5, 0.6) is 0 Å². The minimum Gasteiger partial charge on any atom is -0.478 e. The van der Waals surface area contributed by atoms with E-state index in [-0.39, 0.29) is 0 Å². The fourth-order valence-corrected chi connectivity index (χ4v) is 2.34. The molecule has 18 heavy (non-hydrogen) atoms. The van der Waals surface area contributed by atoms with E-state index in [0.717, 1.165) is 23.4 Å². The van der Waals surface area contributed by atoms with Crippen molar-refractivity contribution in [1.82, 2.24) is 9.55 Å². The van der Waals surface area contributed by atoms with Crippen LogP contribution in [-0.4, -0.2) is 20.6 Å². The van der Waals surface area contributed by atoms with Crippen molar-refractivity contribution in [2.75, 3.05) is 0 Å². The minimum absolute atomic E-state index is 0.296. The zero-order valence-corrected chi connectivity index (χ0v) is 10.6. The summed E-state index contributed by atoms with van der Waals surface area (Å²) in [6, 6.07) is 5.17. The van der Waals surface area contributed by atoms with Gasteiger partial charge in [0.05, 0.1) is 16.6 Å². The standard InChI is InChI=1S/C14H16N2O2/c1-9-15-11-7-10(13(17)18)3-4-12(11)16(9)8-14(2)5-6-14/h3-4,7H,5-6,8H2,1-2H3,(H,17,18). The van der Waals surface area contributed by atoms with Crippen LogP contribution < -0.4 is 0 Å². The van der Waals surface area contributed by atoms with E-state index in [0.29, 0.717) is 11.0 Å². The lowest BCUT2D eigenvalue weighted by Crippen LogP contribution is -2.09. The average molecular weight is 244 g/mol. The largest absolute Gasteiger partial charge is 0.478 e. The summed E-state index contributed by atoms with van der Waals surface area (Å²) in [6.07, 6.45) is 2.53. The molecule has 0 aliphatic heterocycles. The molecule has 0 amide bonds. The monoisotopic (exact) mass is 244 g/mol. The van der Waals surface area contributed by atoms with Crippen molar-refractivity contribution in [3.8, 4) is 0 Å². The van der Waals surface area contributed by atoms with E-state index in [9.17, 15) is 4.79 Å². The second-order valence-electron chi connectivity index (χ2n) is 5.56. The van der Waals surface area contributed by atoms with Crippen LogP contribution in [0.2, 0.25) is 0 Å². The van der Waals surface area contributed by atoms with Crippen LogP contribution in [0.15, 0.2) is 18.2 Å². The Labute approximate surface area is 105 Å². The molecule has 1 aliphatic carbocycles. The van der Waals surface area contributed by atoms with Gasteiger partial charge >= 0.3 is 5.97 Å². The summed E-state index contributed by atoms with van der Waals surface area (Å²) in [5.74, 6) is 0.0546. The fourth-order valence-electron chi connectivity index (χ4n) is 2.34. The molecule has 0 atom stereocenters. The molecule has 0 unspecified atom stereocenters. The first-order chi connectivity index (χ1) is 8.48. The van der Waals surface area contributed by atoms with Gasteiger partial charge in [-0.1, -0.05) is 6.92 Å². The van der Waals surface area contributed by atoms with Gasteiger partial charge in [0.25, 0.3) is 0 Å². The van der Waals surface area contributed by atoms with E-state index in [1.165, 1.54) is 12.8 Å². The van der Waals surface area contributed by atoms with E-state index in [1.807, 2.05) is 13.0 Å². The Balaban J connectivity index is 2.09. The SMILES string of the molecule is Cc1nc2cc(C(=O)O)ccc2n1CC1(C)CC1. The van der Waals surface area contributed by atoms with Crippen molar-refractivity contribution in [3.05, 3.63) is 29.6 Å². The van der Waals surface area contributed by atoms with Gasteiger partial charge in [-0.25, -0.2) is 9.78 Å². The number of imidazole rings is 1. The number of aryl methyl sites for hydroxylation is 1. The summed E-state index contributed by atoms with van der Waals surface area (Å²) >= 11 is 0. The third-order valence-electron chi connectivity index (χ3n) is 3.83. The summed E-state index contributed by atoms with van der Waals surface area (Å²) in [7, 11) is 0. The highest BCUT2D eigenvalue weighted by molar-refractivity contribution is 5.92. The van der Waals surface area contributed by atoms with Crippen LogP contribution in [0.25, 0.3) is 11.0 Å². The van der Waals surface area contributed by atoms with Gasteiger partial charge < -0.3 is 9.67 Å². The highest BCUT2D eigenvalue weighted by atomic mass is 16.4. The van der Waals surface area contributed by atoms with Crippen molar-refractivity contribution in [2.24, 2.45) is 5.41 Å². The molecule has 1 fully saturated rings. The van der Waals surface area contributed by atoms with Crippen molar-refractivity contribution in [3.63, 3.8) is 0 Å². The first-order valence-electron chi connectivity index (χ1n) is 6.19. The number of fused-ring (bicyclic) bond motifs is 1. The van der Waals surface area contributed by atoms with Crippen molar-refractivity contribution >= 4 is 17.0 Å². The quantitative estimate of drug-likeness (QED) is 0.903. The topological polar surface area (TPSA) is 55.1 Å². The molecule has 3 rings (SSSR count). The van der Waals surface area contributed by atoms with E-state index < -0.39 is 5.97 Å². The molecule has 2 aromatic rings. The van der Waals surface area contributed by atoms with Crippen molar-refractivity contribution in [2.45, 2.75) is 33.2 Å². The molecule has 0 radical (unpaired) electrons. The molecule has 0 spiro atoms. The average Bonchev–Trinajstić information content (AvgIpc) is 2.96. The molecule has 0 bridgehead atoms. The maximum absolute atomic E-state index is 10.9. The van der Waals surface area contributed by atoms with Crippen molar-refractivity contribution in [1.29, 1.82) is 0 Å². The molecule has 0 saturated heterocycles. The molecule has 1 heterocycles. The summed E-state index contributed by atoms with van der Waals surface area (Å²) < 4.78 is 2.20. The number of hydrogen-bond donors (Lipinski definition) is 1. The first-order valence-corrected chi connectivity index (χ1v) is 6.19. The molecular weight excluding hydrogens is 228 g/mol. The van der Waals surface area contributed by atoms with Gasteiger partial charge in [-0.05, 0) is 43.4 Å². The second-order valence-corrected chi connectivity index (χ2v) is 5.56. The second kappa shape index (κ2) is 3.57. The van der Waals surface area contributed by atoms with Crippen molar-refractivity contribution < 1.29 is 9.90 Å². The van der Waals surface area contributed by atoms with Crippen LogP contribution in [0, 0.1) is 12.3 Å². The van der Waals surface area contributed by atoms with Gasteiger partial charge in [0, 0.05) is 6.54 Å². The maximum Gasteiger partial charge on any atom is 0.335 e. The Morgan fingerprint density at radius 1 is 1.50 bits per heavy atom. The maximum atomic E-state index is 10.9. The third-order valence-corrected chi connectivity index (χ3v) is 3.83. The smallest absolute Gasteiger partial charge is 0.335 e. The predicted molar refractivity (Wildman–Crippen MR) is 68.8 cm³/mol. The Morgan fingerprint density at radius 3 is 2.83 bits per heavy atom. The zero-order valence-electron chi connectivity index (χ0n) is 10.6. The lowest BCUT2D eigenvalue weighted by atomic mass is 10.1. The Kier molecular flexibility index (Phi) is 2.24. The Morgan fingerprint density at radius 2 is 2.22 bits per heavy atom. The van der Waals surface area contributed by atoms with Gasteiger partial charge in [-0.3, -0.25) is 0 Å². The number of nitrogens with zero attached hydrogens (tertiary/aromatic N) is 2. The van der Waals surface area contributed by atoms with Crippen LogP contribution in [-0.2, 0) is 6.54 Å². The van der Waals surface area contributed by atoms with Gasteiger partial charge in [0.15, 0.2) is 0 Å². The van der Waals surface area contributed by atoms with Gasteiger partial charge in [0.2, 0.25) is 0 Å².